The van der Waals surface area contributed by atoms with Gasteiger partial charge in [0, 0.05) is 31.3 Å². The maximum absolute atomic E-state index is 12.1. The second-order valence-electron chi connectivity index (χ2n) is 4.46. The van der Waals surface area contributed by atoms with Gasteiger partial charge in [0.05, 0.1) is 5.69 Å². The predicted octanol–water partition coefficient (Wildman–Crippen LogP) is 2.34. The number of rotatable bonds is 6. The molecular weight excluding hydrogens is 274 g/mol. The average molecular weight is 293 g/mol. The first-order valence-corrected chi connectivity index (χ1v) is 7.46. The Morgan fingerprint density at radius 1 is 1.55 bits per heavy atom. The van der Waals surface area contributed by atoms with Gasteiger partial charge in [0.2, 0.25) is 0 Å². The number of thiophene rings is 1. The first-order chi connectivity index (χ1) is 9.65. The van der Waals surface area contributed by atoms with E-state index in [1.54, 1.807) is 6.20 Å². The zero-order valence-electron chi connectivity index (χ0n) is 11.7. The lowest BCUT2D eigenvalue weighted by Gasteiger charge is -2.04. The Morgan fingerprint density at radius 2 is 2.35 bits per heavy atom. The molecule has 2 aromatic heterocycles. The summed E-state index contributed by atoms with van der Waals surface area (Å²) >= 11 is 1.34. The van der Waals surface area contributed by atoms with Crippen molar-refractivity contribution in [2.45, 2.75) is 20.3 Å². The lowest BCUT2D eigenvalue weighted by atomic mass is 10.2. The maximum atomic E-state index is 12.1. The number of carbonyl (C=O) groups is 1. The summed E-state index contributed by atoms with van der Waals surface area (Å²) in [7, 11) is 0. The molecule has 0 atom stereocenters. The van der Waals surface area contributed by atoms with Gasteiger partial charge in [-0.15, -0.1) is 11.3 Å². The number of nitrogen functional groups attached to an aromatic ring is 1. The van der Waals surface area contributed by atoms with Crippen molar-refractivity contribution >= 4 is 33.1 Å². The van der Waals surface area contributed by atoms with Crippen molar-refractivity contribution in [3.8, 4) is 0 Å². The number of carbonyl (C=O) groups excluding carboxylic acids is 1. The van der Waals surface area contributed by atoms with Crippen molar-refractivity contribution in [3.05, 3.63) is 22.7 Å². The normalized spacial score (nSPS) is 10.9. The highest BCUT2D eigenvalue weighted by molar-refractivity contribution is 7.21. The van der Waals surface area contributed by atoms with Crippen LogP contribution in [0.3, 0.4) is 0 Å². The molecule has 0 aliphatic rings. The molecule has 0 fully saturated rings. The summed E-state index contributed by atoms with van der Waals surface area (Å²) in [4.78, 5) is 17.7. The Morgan fingerprint density at radius 3 is 3.05 bits per heavy atom. The molecule has 0 unspecified atom stereocenters. The molecule has 2 rings (SSSR count). The van der Waals surface area contributed by atoms with Gasteiger partial charge < -0.3 is 15.8 Å². The van der Waals surface area contributed by atoms with Crippen molar-refractivity contribution in [1.82, 2.24) is 10.3 Å². The van der Waals surface area contributed by atoms with E-state index in [-0.39, 0.29) is 5.91 Å². The van der Waals surface area contributed by atoms with Crippen molar-refractivity contribution in [2.75, 3.05) is 25.5 Å². The number of hydrogen-bond acceptors (Lipinski definition) is 5. The quantitative estimate of drug-likeness (QED) is 0.801. The van der Waals surface area contributed by atoms with Crippen LogP contribution in [-0.4, -0.2) is 30.6 Å². The molecule has 108 valence electrons. The lowest BCUT2D eigenvalue weighted by molar-refractivity contribution is 0.0949. The average Bonchev–Trinajstić information content (AvgIpc) is 2.77. The molecule has 0 saturated carbocycles. The highest BCUT2D eigenvalue weighted by Gasteiger charge is 2.17. The summed E-state index contributed by atoms with van der Waals surface area (Å²) < 4.78 is 5.23. The van der Waals surface area contributed by atoms with E-state index >= 15 is 0 Å². The topological polar surface area (TPSA) is 77.2 Å². The predicted molar refractivity (Wildman–Crippen MR) is 82.2 cm³/mol. The number of hydrogen-bond donors (Lipinski definition) is 2. The van der Waals surface area contributed by atoms with E-state index in [0.717, 1.165) is 22.2 Å². The van der Waals surface area contributed by atoms with E-state index in [2.05, 4.69) is 10.3 Å². The van der Waals surface area contributed by atoms with Crippen LogP contribution >= 0.6 is 11.3 Å². The van der Waals surface area contributed by atoms with Crippen molar-refractivity contribution < 1.29 is 9.53 Å². The maximum Gasteiger partial charge on any atom is 0.263 e. The summed E-state index contributed by atoms with van der Waals surface area (Å²) in [6.45, 7) is 5.85. The first kappa shape index (κ1) is 14.7. The van der Waals surface area contributed by atoms with Gasteiger partial charge in [0.1, 0.15) is 9.71 Å². The summed E-state index contributed by atoms with van der Waals surface area (Å²) in [5, 5.41) is 3.75. The Balaban J connectivity index is 2.07. The smallest absolute Gasteiger partial charge is 0.263 e. The molecule has 0 bridgehead atoms. The molecule has 0 aromatic carbocycles. The number of amides is 1. The standard InChI is InChI=1S/C14H19N3O2S/c1-3-19-8-4-6-16-13(18)12-11(15)10-9(2)5-7-17-14(10)20-12/h5,7H,3-4,6,8,15H2,1-2H3,(H,16,18). The SMILES string of the molecule is CCOCCCNC(=O)c1sc2nccc(C)c2c1N. The van der Waals surface area contributed by atoms with Gasteiger partial charge in [-0.3, -0.25) is 4.79 Å². The zero-order valence-corrected chi connectivity index (χ0v) is 12.5. The number of aromatic nitrogens is 1. The zero-order chi connectivity index (χ0) is 14.5. The fourth-order valence-electron chi connectivity index (χ4n) is 1.97. The van der Waals surface area contributed by atoms with Crippen LogP contribution in [0.25, 0.3) is 10.2 Å². The molecule has 0 saturated heterocycles. The van der Waals surface area contributed by atoms with E-state index in [0.29, 0.717) is 30.3 Å². The molecule has 20 heavy (non-hydrogen) atoms. The molecule has 0 radical (unpaired) electrons. The number of nitrogens with one attached hydrogen (secondary N) is 1. The van der Waals surface area contributed by atoms with Crippen LogP contribution in [0.15, 0.2) is 12.3 Å². The van der Waals surface area contributed by atoms with Gasteiger partial charge in [-0.05, 0) is 31.9 Å². The molecule has 1 amide bonds. The molecule has 3 N–H and O–H groups in total. The summed E-state index contributed by atoms with van der Waals surface area (Å²) in [5.74, 6) is -0.138. The number of fused-ring (bicyclic) bond motifs is 1. The van der Waals surface area contributed by atoms with Gasteiger partial charge in [-0.1, -0.05) is 0 Å². The molecule has 0 spiro atoms. The van der Waals surface area contributed by atoms with Crippen LogP contribution in [0.5, 0.6) is 0 Å². The number of nitrogens with zero attached hydrogens (tertiary/aromatic N) is 1. The number of pyridine rings is 1. The molecule has 0 aliphatic heterocycles. The highest BCUT2D eigenvalue weighted by atomic mass is 32.1. The summed E-state index contributed by atoms with van der Waals surface area (Å²) in [5.41, 5.74) is 7.64. The number of ether oxygens (including phenoxy) is 1. The van der Waals surface area contributed by atoms with Crippen LogP contribution in [-0.2, 0) is 4.74 Å². The molecule has 6 heteroatoms. The van der Waals surface area contributed by atoms with Crippen molar-refractivity contribution in [2.24, 2.45) is 0 Å². The third kappa shape index (κ3) is 3.08. The largest absolute Gasteiger partial charge is 0.397 e. The molecule has 2 aromatic rings. The van der Waals surface area contributed by atoms with Gasteiger partial charge in [-0.25, -0.2) is 4.98 Å². The lowest BCUT2D eigenvalue weighted by Crippen LogP contribution is -2.25. The minimum Gasteiger partial charge on any atom is -0.397 e. The van der Waals surface area contributed by atoms with E-state index < -0.39 is 0 Å². The second-order valence-corrected chi connectivity index (χ2v) is 5.46. The second kappa shape index (κ2) is 6.67. The molecule has 2 heterocycles. The van der Waals surface area contributed by atoms with E-state index in [1.807, 2.05) is 19.9 Å². The fraction of sp³-hybridized carbons (Fsp3) is 0.429. The Hall–Kier alpha value is -1.66. The summed E-state index contributed by atoms with van der Waals surface area (Å²) in [6.07, 6.45) is 2.53. The number of nitrogens with two attached hydrogens (primary N) is 1. The van der Waals surface area contributed by atoms with E-state index in [4.69, 9.17) is 10.5 Å². The molecule has 0 aliphatic carbocycles. The van der Waals surface area contributed by atoms with E-state index in [9.17, 15) is 4.79 Å². The van der Waals surface area contributed by atoms with Gasteiger partial charge in [0.15, 0.2) is 0 Å². The number of aryl methyl sites for hydroxylation is 1. The van der Waals surface area contributed by atoms with Gasteiger partial charge in [-0.2, -0.15) is 0 Å². The minimum absolute atomic E-state index is 0.138. The third-order valence-corrected chi connectivity index (χ3v) is 4.11. The molecule has 5 nitrogen and oxygen atoms in total. The Kier molecular flexibility index (Phi) is 4.92. The van der Waals surface area contributed by atoms with Crippen LogP contribution < -0.4 is 11.1 Å². The Bertz CT molecular complexity index is 610. The fourth-order valence-corrected chi connectivity index (χ4v) is 3.03. The van der Waals surface area contributed by atoms with Crippen molar-refractivity contribution in [3.63, 3.8) is 0 Å². The molecular formula is C14H19N3O2S. The number of anilines is 1. The van der Waals surface area contributed by atoms with Crippen LogP contribution in [0, 0.1) is 6.92 Å². The third-order valence-electron chi connectivity index (χ3n) is 3.00. The monoisotopic (exact) mass is 293 g/mol. The van der Waals surface area contributed by atoms with Gasteiger partial charge >= 0.3 is 0 Å². The van der Waals surface area contributed by atoms with E-state index in [1.165, 1.54) is 11.3 Å². The summed E-state index contributed by atoms with van der Waals surface area (Å²) in [6, 6.07) is 1.90. The van der Waals surface area contributed by atoms with Crippen LogP contribution in [0.2, 0.25) is 0 Å². The van der Waals surface area contributed by atoms with Crippen LogP contribution in [0.4, 0.5) is 5.69 Å². The Labute approximate surface area is 122 Å². The minimum atomic E-state index is -0.138. The van der Waals surface area contributed by atoms with Crippen molar-refractivity contribution in [1.29, 1.82) is 0 Å². The van der Waals surface area contributed by atoms with Crippen LogP contribution in [0.1, 0.15) is 28.6 Å². The first-order valence-electron chi connectivity index (χ1n) is 6.64. The van der Waals surface area contributed by atoms with Gasteiger partial charge in [0.25, 0.3) is 5.91 Å². The highest BCUT2D eigenvalue weighted by Crippen LogP contribution is 2.34.